The van der Waals surface area contributed by atoms with E-state index in [1.165, 1.54) is 51.7 Å². The van der Waals surface area contributed by atoms with Crippen LogP contribution in [0.3, 0.4) is 0 Å². The summed E-state index contributed by atoms with van der Waals surface area (Å²) in [5, 5.41) is 17.4. The molecule has 0 aromatic heterocycles. The van der Waals surface area contributed by atoms with Gasteiger partial charge in [-0.05, 0) is 51.7 Å². The molecule has 0 saturated heterocycles. The third kappa shape index (κ3) is 12.3. The summed E-state index contributed by atoms with van der Waals surface area (Å²) in [6.07, 6.45) is 10.5. The van der Waals surface area contributed by atoms with Crippen molar-refractivity contribution in [2.75, 3.05) is 32.8 Å². The first-order valence-corrected chi connectivity index (χ1v) is 7.79. The normalized spacial score (nSPS) is 11.3. The molecular formula is C15H33NO2. The van der Waals surface area contributed by atoms with Gasteiger partial charge in [0.05, 0.1) is 0 Å². The Bertz CT molecular complexity index is 139. The van der Waals surface area contributed by atoms with Crippen LogP contribution >= 0.6 is 0 Å². The van der Waals surface area contributed by atoms with Crippen LogP contribution in [0.15, 0.2) is 0 Å². The molecule has 0 amide bonds. The van der Waals surface area contributed by atoms with Crippen molar-refractivity contribution in [3.05, 3.63) is 0 Å². The second-order valence-corrected chi connectivity index (χ2v) is 5.12. The summed E-state index contributed by atoms with van der Waals surface area (Å²) >= 11 is 0. The molecule has 2 N–H and O–H groups in total. The van der Waals surface area contributed by atoms with Gasteiger partial charge in [0.1, 0.15) is 0 Å². The molecule has 0 saturated carbocycles. The van der Waals surface area contributed by atoms with Crippen LogP contribution in [0.1, 0.15) is 64.7 Å². The third-order valence-corrected chi connectivity index (χ3v) is 3.30. The molecule has 0 aliphatic carbocycles. The molecule has 0 aliphatic rings. The van der Waals surface area contributed by atoms with Gasteiger partial charge in [-0.2, -0.15) is 0 Å². The summed E-state index contributed by atoms with van der Waals surface area (Å²) in [4.78, 5) is 2.57. The first kappa shape index (κ1) is 17.9. The Kier molecular flexibility index (Phi) is 14.8. The highest BCUT2D eigenvalue weighted by molar-refractivity contribution is 4.58. The average molecular weight is 259 g/mol. The van der Waals surface area contributed by atoms with Gasteiger partial charge < -0.3 is 15.1 Å². The van der Waals surface area contributed by atoms with Gasteiger partial charge in [0, 0.05) is 13.2 Å². The largest absolute Gasteiger partial charge is 0.396 e. The van der Waals surface area contributed by atoms with Gasteiger partial charge in [-0.3, -0.25) is 0 Å². The molecule has 0 spiro atoms. The highest BCUT2D eigenvalue weighted by Crippen LogP contribution is 2.06. The molecule has 0 aromatic rings. The molecule has 0 aromatic carbocycles. The van der Waals surface area contributed by atoms with Crippen molar-refractivity contribution in [2.24, 2.45) is 0 Å². The topological polar surface area (TPSA) is 43.7 Å². The predicted molar refractivity (Wildman–Crippen MR) is 77.8 cm³/mol. The molecule has 3 heteroatoms. The van der Waals surface area contributed by atoms with Gasteiger partial charge in [-0.1, -0.05) is 32.6 Å². The van der Waals surface area contributed by atoms with Crippen LogP contribution in [-0.4, -0.2) is 48.0 Å². The van der Waals surface area contributed by atoms with Crippen molar-refractivity contribution in [3.63, 3.8) is 0 Å². The highest BCUT2D eigenvalue weighted by atomic mass is 16.3. The van der Waals surface area contributed by atoms with Gasteiger partial charge in [0.25, 0.3) is 0 Å². The molecule has 0 atom stereocenters. The van der Waals surface area contributed by atoms with Crippen molar-refractivity contribution >= 4 is 0 Å². The summed E-state index contributed by atoms with van der Waals surface area (Å²) in [6, 6.07) is 0. The van der Waals surface area contributed by atoms with Crippen molar-refractivity contribution in [1.29, 1.82) is 0 Å². The van der Waals surface area contributed by atoms with E-state index in [2.05, 4.69) is 11.8 Å². The standard InChI is InChI=1S/C15H33NO2/c1-2-11-16(12-7-3-5-9-14-17)13-8-4-6-10-15-18/h17-18H,2-15H2,1H3. The summed E-state index contributed by atoms with van der Waals surface area (Å²) in [5.74, 6) is 0. The van der Waals surface area contributed by atoms with Crippen LogP contribution < -0.4 is 0 Å². The fraction of sp³-hybridized carbons (Fsp3) is 1.00. The van der Waals surface area contributed by atoms with Crippen molar-refractivity contribution in [1.82, 2.24) is 4.90 Å². The van der Waals surface area contributed by atoms with Gasteiger partial charge >= 0.3 is 0 Å². The average Bonchev–Trinajstić information content (AvgIpc) is 2.38. The molecule has 0 radical (unpaired) electrons. The van der Waals surface area contributed by atoms with Gasteiger partial charge in [0.2, 0.25) is 0 Å². The highest BCUT2D eigenvalue weighted by Gasteiger charge is 2.03. The molecule has 0 bridgehead atoms. The first-order valence-electron chi connectivity index (χ1n) is 7.79. The maximum Gasteiger partial charge on any atom is 0.0431 e. The molecular weight excluding hydrogens is 226 g/mol. The molecule has 0 fully saturated rings. The summed E-state index contributed by atoms with van der Waals surface area (Å²) in [5.41, 5.74) is 0. The number of nitrogens with zero attached hydrogens (tertiary/aromatic N) is 1. The van der Waals surface area contributed by atoms with E-state index in [-0.39, 0.29) is 0 Å². The third-order valence-electron chi connectivity index (χ3n) is 3.30. The molecule has 0 heterocycles. The molecule has 3 nitrogen and oxygen atoms in total. The Hall–Kier alpha value is -0.120. The Morgan fingerprint density at radius 3 is 1.44 bits per heavy atom. The van der Waals surface area contributed by atoms with Crippen LogP contribution in [0.25, 0.3) is 0 Å². The number of hydrogen-bond acceptors (Lipinski definition) is 3. The first-order chi connectivity index (χ1) is 8.85. The minimum Gasteiger partial charge on any atom is -0.396 e. The SMILES string of the molecule is CCCN(CCCCCCO)CCCCCCO. The lowest BCUT2D eigenvalue weighted by Crippen LogP contribution is -2.27. The molecule has 0 aliphatic heterocycles. The van der Waals surface area contributed by atoms with Crippen molar-refractivity contribution in [3.8, 4) is 0 Å². The fourth-order valence-corrected chi connectivity index (χ4v) is 2.25. The number of hydrogen-bond donors (Lipinski definition) is 2. The van der Waals surface area contributed by atoms with E-state index in [1.54, 1.807) is 0 Å². The summed E-state index contributed by atoms with van der Waals surface area (Å²) in [6.45, 7) is 6.54. The zero-order valence-corrected chi connectivity index (χ0v) is 12.2. The van der Waals surface area contributed by atoms with E-state index in [0.29, 0.717) is 13.2 Å². The molecule has 18 heavy (non-hydrogen) atoms. The van der Waals surface area contributed by atoms with Crippen LogP contribution in [0.4, 0.5) is 0 Å². The monoisotopic (exact) mass is 259 g/mol. The Balaban J connectivity index is 3.45. The van der Waals surface area contributed by atoms with Crippen LogP contribution in [-0.2, 0) is 0 Å². The minimum absolute atomic E-state index is 0.337. The maximum atomic E-state index is 8.72. The zero-order chi connectivity index (χ0) is 13.5. The van der Waals surface area contributed by atoms with Crippen LogP contribution in [0.5, 0.6) is 0 Å². The van der Waals surface area contributed by atoms with E-state index in [9.17, 15) is 0 Å². The van der Waals surface area contributed by atoms with E-state index >= 15 is 0 Å². The lowest BCUT2D eigenvalue weighted by Gasteiger charge is -2.21. The predicted octanol–water partition coefficient (Wildman–Crippen LogP) is 2.80. The van der Waals surface area contributed by atoms with Crippen molar-refractivity contribution < 1.29 is 10.2 Å². The lowest BCUT2D eigenvalue weighted by atomic mass is 10.1. The van der Waals surface area contributed by atoms with Crippen molar-refractivity contribution in [2.45, 2.75) is 64.7 Å². The van der Waals surface area contributed by atoms with Crippen LogP contribution in [0, 0.1) is 0 Å². The smallest absolute Gasteiger partial charge is 0.0431 e. The lowest BCUT2D eigenvalue weighted by molar-refractivity contribution is 0.250. The molecule has 0 rings (SSSR count). The Labute approximate surface area is 113 Å². The van der Waals surface area contributed by atoms with E-state index in [1.807, 2.05) is 0 Å². The van der Waals surface area contributed by atoms with Gasteiger partial charge in [0.15, 0.2) is 0 Å². The zero-order valence-electron chi connectivity index (χ0n) is 12.2. The fourth-order valence-electron chi connectivity index (χ4n) is 2.25. The maximum absolute atomic E-state index is 8.72. The molecule has 110 valence electrons. The van der Waals surface area contributed by atoms with E-state index in [4.69, 9.17) is 10.2 Å². The summed E-state index contributed by atoms with van der Waals surface area (Å²) < 4.78 is 0. The summed E-state index contributed by atoms with van der Waals surface area (Å²) in [7, 11) is 0. The number of rotatable bonds is 14. The van der Waals surface area contributed by atoms with E-state index < -0.39 is 0 Å². The van der Waals surface area contributed by atoms with Gasteiger partial charge in [-0.15, -0.1) is 0 Å². The number of aliphatic hydroxyl groups excluding tert-OH is 2. The van der Waals surface area contributed by atoms with Gasteiger partial charge in [-0.25, -0.2) is 0 Å². The molecule has 0 unspecified atom stereocenters. The minimum atomic E-state index is 0.337. The Morgan fingerprint density at radius 2 is 1.06 bits per heavy atom. The Morgan fingerprint density at radius 1 is 0.611 bits per heavy atom. The number of aliphatic hydroxyl groups is 2. The quantitative estimate of drug-likeness (QED) is 0.471. The number of unbranched alkanes of at least 4 members (excludes halogenated alkanes) is 6. The van der Waals surface area contributed by atoms with E-state index in [0.717, 1.165) is 25.7 Å². The second kappa shape index (κ2) is 14.9. The van der Waals surface area contributed by atoms with Crippen LogP contribution in [0.2, 0.25) is 0 Å². The second-order valence-electron chi connectivity index (χ2n) is 5.12.